The molecule has 2 atom stereocenters. The van der Waals surface area contributed by atoms with Crippen LogP contribution in [0.2, 0.25) is 0 Å². The summed E-state index contributed by atoms with van der Waals surface area (Å²) >= 11 is 0. The Bertz CT molecular complexity index is 493. The number of rotatable bonds is 40. The zero-order chi connectivity index (χ0) is 31.9. The van der Waals surface area contributed by atoms with Crippen LogP contribution in [0.4, 0.5) is 0 Å². The molecule has 0 spiro atoms. The van der Waals surface area contributed by atoms with Crippen molar-refractivity contribution >= 4 is 9.03 Å². The van der Waals surface area contributed by atoms with E-state index in [1.54, 1.807) is 0 Å². The van der Waals surface area contributed by atoms with E-state index in [4.69, 9.17) is 18.9 Å². The molecular weight excluding hydrogens is 563 g/mol. The van der Waals surface area contributed by atoms with Gasteiger partial charge in [-0.2, -0.15) is 0 Å². The standard InChI is InChI=1S/C39H81O4P/c1-3-5-7-9-11-13-15-17-19-21-23-25-27-29-31-33-35-41-37-39(38-43-44-40)42-36-34-32-30-28-26-24-22-20-18-16-14-12-10-8-6-4-2/h39-40,44H,3-38H2,1-2H3/t39-/m0/s1. The minimum Gasteiger partial charge on any atom is -0.379 e. The molecule has 0 fully saturated rings. The van der Waals surface area contributed by atoms with Crippen molar-refractivity contribution in [3.05, 3.63) is 0 Å². The van der Waals surface area contributed by atoms with E-state index in [-0.39, 0.29) is 6.10 Å². The van der Waals surface area contributed by atoms with Crippen molar-refractivity contribution in [1.82, 2.24) is 0 Å². The lowest BCUT2D eigenvalue weighted by atomic mass is 10.0. The lowest BCUT2D eigenvalue weighted by Crippen LogP contribution is -2.25. The van der Waals surface area contributed by atoms with Crippen LogP contribution in [0.5, 0.6) is 0 Å². The zero-order valence-corrected chi connectivity index (χ0v) is 31.2. The molecule has 0 saturated heterocycles. The van der Waals surface area contributed by atoms with Crippen molar-refractivity contribution in [2.24, 2.45) is 0 Å². The Morgan fingerprint density at radius 2 is 0.682 bits per heavy atom. The Kier molecular flexibility index (Phi) is 41.5. The maximum absolute atomic E-state index is 9.07. The van der Waals surface area contributed by atoms with Gasteiger partial charge in [-0.1, -0.05) is 206 Å². The highest BCUT2D eigenvalue weighted by Crippen LogP contribution is 2.16. The molecule has 266 valence electrons. The van der Waals surface area contributed by atoms with Crippen LogP contribution in [0.3, 0.4) is 0 Å². The average Bonchev–Trinajstić information content (AvgIpc) is 3.04. The van der Waals surface area contributed by atoms with Crippen molar-refractivity contribution < 1.29 is 18.9 Å². The molecule has 5 heteroatoms. The van der Waals surface area contributed by atoms with Crippen LogP contribution < -0.4 is 0 Å². The first-order valence-electron chi connectivity index (χ1n) is 20.0. The Labute approximate surface area is 279 Å². The molecule has 1 N–H and O–H groups in total. The number of hydrogen-bond acceptors (Lipinski definition) is 4. The Morgan fingerprint density at radius 1 is 0.386 bits per heavy atom. The van der Waals surface area contributed by atoms with Crippen LogP contribution in [0, 0.1) is 0 Å². The first-order chi connectivity index (χ1) is 21.8. The zero-order valence-electron chi connectivity index (χ0n) is 30.2. The van der Waals surface area contributed by atoms with E-state index in [0.717, 1.165) is 26.1 Å². The van der Waals surface area contributed by atoms with E-state index in [1.807, 2.05) is 0 Å². The average molecular weight is 645 g/mol. The van der Waals surface area contributed by atoms with Gasteiger partial charge in [-0.25, -0.2) is 0 Å². The summed E-state index contributed by atoms with van der Waals surface area (Å²) in [6.07, 6.45) is 44.3. The van der Waals surface area contributed by atoms with Crippen molar-refractivity contribution in [2.75, 3.05) is 26.4 Å². The quantitative estimate of drug-likeness (QED) is 0.0532. The van der Waals surface area contributed by atoms with Crippen molar-refractivity contribution in [3.63, 3.8) is 0 Å². The topological polar surface area (TPSA) is 47.9 Å². The second kappa shape index (κ2) is 41.3. The molecule has 0 rings (SSSR count). The molecule has 4 nitrogen and oxygen atoms in total. The van der Waals surface area contributed by atoms with Gasteiger partial charge in [0.15, 0.2) is 9.03 Å². The number of ether oxygens (including phenoxy) is 2. The maximum atomic E-state index is 9.07. The summed E-state index contributed by atoms with van der Waals surface area (Å²) in [5.41, 5.74) is 0. The molecule has 0 saturated carbocycles. The molecule has 0 aromatic heterocycles. The third-order valence-corrected chi connectivity index (χ3v) is 9.43. The normalized spacial score (nSPS) is 12.6. The third kappa shape index (κ3) is 38.5. The second-order valence-electron chi connectivity index (χ2n) is 13.6. The van der Waals surface area contributed by atoms with Gasteiger partial charge in [0.05, 0.1) is 13.2 Å². The highest BCUT2D eigenvalue weighted by molar-refractivity contribution is 7.24. The van der Waals surface area contributed by atoms with Gasteiger partial charge in [0.2, 0.25) is 0 Å². The van der Waals surface area contributed by atoms with Gasteiger partial charge in [0, 0.05) is 13.2 Å². The molecule has 0 amide bonds. The van der Waals surface area contributed by atoms with E-state index >= 15 is 0 Å². The van der Waals surface area contributed by atoms with E-state index in [9.17, 15) is 0 Å². The smallest absolute Gasteiger partial charge is 0.152 e. The summed E-state index contributed by atoms with van der Waals surface area (Å²) in [7, 11) is -0.478. The largest absolute Gasteiger partial charge is 0.379 e. The number of unbranched alkanes of at least 4 members (excludes halogenated alkanes) is 30. The van der Waals surface area contributed by atoms with Gasteiger partial charge in [-0.3, -0.25) is 0 Å². The molecule has 1 unspecified atom stereocenters. The molecule has 0 bridgehead atoms. The summed E-state index contributed by atoms with van der Waals surface area (Å²) in [5, 5.41) is 0. The van der Waals surface area contributed by atoms with Gasteiger partial charge >= 0.3 is 0 Å². The minimum atomic E-state index is -0.478. The Morgan fingerprint density at radius 3 is 1.00 bits per heavy atom. The van der Waals surface area contributed by atoms with Crippen LogP contribution in [0.25, 0.3) is 0 Å². The summed E-state index contributed by atoms with van der Waals surface area (Å²) in [4.78, 5) is 9.07. The van der Waals surface area contributed by atoms with Gasteiger partial charge in [0.1, 0.15) is 6.10 Å². The molecule has 0 aliphatic carbocycles. The van der Waals surface area contributed by atoms with Gasteiger partial charge in [-0.05, 0) is 12.8 Å². The van der Waals surface area contributed by atoms with Crippen molar-refractivity contribution in [2.45, 2.75) is 225 Å². The molecule has 0 radical (unpaired) electrons. The van der Waals surface area contributed by atoms with Crippen molar-refractivity contribution in [1.29, 1.82) is 0 Å². The first kappa shape index (κ1) is 44.3. The predicted octanol–water partition coefficient (Wildman–Crippen LogP) is 13.4. The predicted molar refractivity (Wildman–Crippen MR) is 196 cm³/mol. The maximum Gasteiger partial charge on any atom is 0.152 e. The molecule has 0 aliphatic rings. The van der Waals surface area contributed by atoms with Crippen LogP contribution in [-0.2, 0) is 14.0 Å². The molecule has 0 aliphatic heterocycles. The molecule has 0 aromatic rings. The second-order valence-corrected chi connectivity index (χ2v) is 14.0. The highest BCUT2D eigenvalue weighted by atomic mass is 31.1. The van der Waals surface area contributed by atoms with Gasteiger partial charge < -0.3 is 18.9 Å². The molecule has 0 heterocycles. The monoisotopic (exact) mass is 645 g/mol. The first-order valence-corrected chi connectivity index (χ1v) is 20.9. The fraction of sp³-hybridized carbons (Fsp3) is 1.00. The van der Waals surface area contributed by atoms with Crippen molar-refractivity contribution in [3.8, 4) is 0 Å². The van der Waals surface area contributed by atoms with E-state index in [2.05, 4.69) is 13.8 Å². The van der Waals surface area contributed by atoms with Crippen LogP contribution in [0.1, 0.15) is 219 Å². The molecule has 0 aromatic carbocycles. The SMILES string of the molecule is CCCCCCCCCCCCCCCCCCOC[C@@H](COPO)OCCCCCCCCCCCCCCCCCC. The highest BCUT2D eigenvalue weighted by Gasteiger charge is 2.10. The number of hydrogen-bond donors (Lipinski definition) is 1. The molecular formula is C39H81O4P. The lowest BCUT2D eigenvalue weighted by Gasteiger charge is -2.17. The minimum absolute atomic E-state index is 0.0629. The third-order valence-electron chi connectivity index (χ3n) is 9.13. The fourth-order valence-corrected chi connectivity index (χ4v) is 6.40. The van der Waals surface area contributed by atoms with E-state index in [0.29, 0.717) is 13.2 Å². The molecule has 44 heavy (non-hydrogen) atoms. The lowest BCUT2D eigenvalue weighted by molar-refractivity contribution is -0.0378. The van der Waals surface area contributed by atoms with Crippen LogP contribution in [-0.4, -0.2) is 37.4 Å². The van der Waals surface area contributed by atoms with Crippen LogP contribution in [0.15, 0.2) is 0 Å². The summed E-state index contributed by atoms with van der Waals surface area (Å²) in [5.74, 6) is 0. The van der Waals surface area contributed by atoms with Crippen LogP contribution >= 0.6 is 9.03 Å². The summed E-state index contributed by atoms with van der Waals surface area (Å²) in [6, 6.07) is 0. The van der Waals surface area contributed by atoms with E-state index in [1.165, 1.54) is 193 Å². The Balaban J connectivity index is 3.43. The Hall–Kier alpha value is 0.270. The fourth-order valence-electron chi connectivity index (χ4n) is 6.14. The van der Waals surface area contributed by atoms with Gasteiger partial charge in [-0.15, -0.1) is 0 Å². The summed E-state index contributed by atoms with van der Waals surface area (Å²) < 4.78 is 17.2. The van der Waals surface area contributed by atoms with E-state index < -0.39 is 9.03 Å². The summed E-state index contributed by atoms with van der Waals surface area (Å²) in [6.45, 7) is 7.15. The van der Waals surface area contributed by atoms with Gasteiger partial charge in [0.25, 0.3) is 0 Å².